The number of nitrogens with zero attached hydrogens (tertiary/aromatic N) is 5. The van der Waals surface area contributed by atoms with E-state index in [1.165, 1.54) is 0 Å². The van der Waals surface area contributed by atoms with E-state index in [4.69, 9.17) is 0 Å². The van der Waals surface area contributed by atoms with Crippen LogP contribution in [-0.2, 0) is 0 Å². The van der Waals surface area contributed by atoms with Crippen molar-refractivity contribution < 1.29 is 4.79 Å². The third-order valence-corrected chi connectivity index (χ3v) is 4.81. The smallest absolute Gasteiger partial charge is 0.257 e. The molecule has 0 spiro atoms. The lowest BCUT2D eigenvalue weighted by molar-refractivity contribution is 0.0696. The molecule has 3 heterocycles. The third-order valence-electron chi connectivity index (χ3n) is 4.81. The molecule has 1 unspecified atom stereocenters. The molecule has 0 radical (unpaired) electrons. The summed E-state index contributed by atoms with van der Waals surface area (Å²) in [4.78, 5) is 24.0. The van der Waals surface area contributed by atoms with Crippen molar-refractivity contribution in [3.8, 4) is 5.95 Å². The minimum atomic E-state index is 0.0456. The molecule has 26 heavy (non-hydrogen) atoms. The predicted molar refractivity (Wildman–Crippen MR) is 101 cm³/mol. The second-order valence-corrected chi connectivity index (χ2v) is 7.36. The fourth-order valence-electron chi connectivity index (χ4n) is 3.46. The molecule has 7 heteroatoms. The van der Waals surface area contributed by atoms with E-state index in [0.29, 0.717) is 17.6 Å². The van der Waals surface area contributed by atoms with E-state index in [9.17, 15) is 4.79 Å². The van der Waals surface area contributed by atoms with Crippen LogP contribution in [0.2, 0.25) is 0 Å². The normalized spacial score (nSPS) is 17.8. The van der Waals surface area contributed by atoms with Crippen LogP contribution in [0.15, 0.2) is 12.3 Å². The van der Waals surface area contributed by atoms with E-state index in [1.54, 1.807) is 10.9 Å². The lowest BCUT2D eigenvalue weighted by atomic mass is 10.0. The molecule has 0 aromatic carbocycles. The molecule has 2 aromatic heterocycles. The van der Waals surface area contributed by atoms with E-state index in [1.807, 2.05) is 31.9 Å². The van der Waals surface area contributed by atoms with Gasteiger partial charge in [0.2, 0.25) is 0 Å². The summed E-state index contributed by atoms with van der Waals surface area (Å²) in [6.07, 6.45) is 3.91. The molecule has 0 aliphatic carbocycles. The van der Waals surface area contributed by atoms with E-state index in [2.05, 4.69) is 34.2 Å². The Kier molecular flexibility index (Phi) is 5.36. The number of hydrogen-bond acceptors (Lipinski definition) is 5. The van der Waals surface area contributed by atoms with Crippen molar-refractivity contribution >= 4 is 5.91 Å². The molecule has 1 aliphatic heterocycles. The second-order valence-electron chi connectivity index (χ2n) is 7.36. The number of aromatic nitrogens is 4. The summed E-state index contributed by atoms with van der Waals surface area (Å²) in [6, 6.07) is 2.28. The minimum absolute atomic E-state index is 0.0456. The predicted octanol–water partition coefficient (Wildman–Crippen LogP) is 2.23. The maximum atomic E-state index is 13.2. The monoisotopic (exact) mass is 356 g/mol. The van der Waals surface area contributed by atoms with Gasteiger partial charge >= 0.3 is 0 Å². The number of aryl methyl sites for hydroxylation is 2. The quantitative estimate of drug-likeness (QED) is 0.909. The zero-order valence-electron chi connectivity index (χ0n) is 16.3. The highest BCUT2D eigenvalue weighted by atomic mass is 16.2. The number of carbonyl (C=O) groups is 1. The topological polar surface area (TPSA) is 75.9 Å². The molecular formula is C19H28N6O. The summed E-state index contributed by atoms with van der Waals surface area (Å²) in [5, 5.41) is 7.93. The molecule has 1 N–H and O–H groups in total. The summed E-state index contributed by atoms with van der Waals surface area (Å²) in [6.45, 7) is 9.50. The van der Waals surface area contributed by atoms with Crippen LogP contribution in [0.5, 0.6) is 0 Å². The SMILES string of the molecule is CNC1CCCN(C(=O)c2cn(-c3nc(C)cc(C)n3)nc2C(C)C)C1. The Balaban J connectivity index is 1.96. The number of piperidine rings is 1. The molecule has 0 bridgehead atoms. The number of likely N-dealkylation sites (tertiary alicyclic amines) is 1. The zero-order valence-corrected chi connectivity index (χ0v) is 16.3. The van der Waals surface area contributed by atoms with E-state index < -0.39 is 0 Å². The lowest BCUT2D eigenvalue weighted by Crippen LogP contribution is -2.47. The number of hydrogen-bond donors (Lipinski definition) is 1. The lowest BCUT2D eigenvalue weighted by Gasteiger charge is -2.32. The average molecular weight is 356 g/mol. The van der Waals surface area contributed by atoms with Gasteiger partial charge < -0.3 is 10.2 Å². The van der Waals surface area contributed by atoms with Gasteiger partial charge in [0.1, 0.15) is 0 Å². The van der Waals surface area contributed by atoms with Crippen molar-refractivity contribution in [3.63, 3.8) is 0 Å². The summed E-state index contributed by atoms with van der Waals surface area (Å²) >= 11 is 0. The van der Waals surface area contributed by atoms with Crippen molar-refractivity contribution in [2.24, 2.45) is 0 Å². The maximum absolute atomic E-state index is 13.2. The number of amides is 1. The van der Waals surface area contributed by atoms with Crippen molar-refractivity contribution in [2.75, 3.05) is 20.1 Å². The number of nitrogens with one attached hydrogen (secondary N) is 1. The van der Waals surface area contributed by atoms with Crippen LogP contribution in [0, 0.1) is 13.8 Å². The largest absolute Gasteiger partial charge is 0.337 e. The third kappa shape index (κ3) is 3.77. The van der Waals surface area contributed by atoms with Gasteiger partial charge in [-0.15, -0.1) is 0 Å². The number of rotatable bonds is 4. The van der Waals surface area contributed by atoms with Gasteiger partial charge in [-0.05, 0) is 45.7 Å². The standard InChI is InChI=1S/C19H28N6O/c1-12(2)17-16(18(26)24-8-6-7-15(10-24)20-5)11-25(23-17)19-21-13(3)9-14(4)22-19/h9,11-12,15,20H,6-8,10H2,1-5H3. The van der Waals surface area contributed by atoms with Crippen LogP contribution in [0.1, 0.15) is 60.0 Å². The molecule has 1 fully saturated rings. The van der Waals surface area contributed by atoms with Gasteiger partial charge in [-0.3, -0.25) is 4.79 Å². The molecule has 3 rings (SSSR count). The molecule has 1 saturated heterocycles. The fraction of sp³-hybridized carbons (Fsp3) is 0.579. The average Bonchev–Trinajstić information content (AvgIpc) is 3.06. The van der Waals surface area contributed by atoms with Gasteiger partial charge in [-0.2, -0.15) is 5.10 Å². The highest BCUT2D eigenvalue weighted by Gasteiger charge is 2.28. The Morgan fingerprint density at radius 3 is 2.58 bits per heavy atom. The Morgan fingerprint density at radius 2 is 1.96 bits per heavy atom. The van der Waals surface area contributed by atoms with Crippen LogP contribution < -0.4 is 5.32 Å². The van der Waals surface area contributed by atoms with Gasteiger partial charge in [-0.25, -0.2) is 14.6 Å². The first kappa shape index (κ1) is 18.5. The van der Waals surface area contributed by atoms with Gasteiger partial charge in [0.05, 0.1) is 11.3 Å². The molecular weight excluding hydrogens is 328 g/mol. The molecule has 0 saturated carbocycles. The Bertz CT molecular complexity index is 777. The summed E-state index contributed by atoms with van der Waals surface area (Å²) < 4.78 is 1.64. The van der Waals surface area contributed by atoms with Crippen LogP contribution >= 0.6 is 0 Å². The van der Waals surface area contributed by atoms with Crippen molar-refractivity contribution in [2.45, 2.75) is 52.5 Å². The Labute approximate surface area is 154 Å². The molecule has 140 valence electrons. The van der Waals surface area contributed by atoms with Gasteiger partial charge in [-0.1, -0.05) is 13.8 Å². The molecule has 1 aliphatic rings. The second kappa shape index (κ2) is 7.53. The highest BCUT2D eigenvalue weighted by molar-refractivity contribution is 5.95. The Hall–Kier alpha value is -2.28. The number of carbonyl (C=O) groups excluding carboxylic acids is 1. The zero-order chi connectivity index (χ0) is 18.8. The van der Waals surface area contributed by atoms with E-state index in [-0.39, 0.29) is 11.8 Å². The van der Waals surface area contributed by atoms with E-state index >= 15 is 0 Å². The van der Waals surface area contributed by atoms with E-state index in [0.717, 1.165) is 43.0 Å². The van der Waals surface area contributed by atoms with Crippen LogP contribution in [0.4, 0.5) is 0 Å². The Morgan fingerprint density at radius 1 is 1.27 bits per heavy atom. The first-order chi connectivity index (χ1) is 12.4. The molecule has 1 amide bonds. The maximum Gasteiger partial charge on any atom is 0.257 e. The summed E-state index contributed by atoms with van der Waals surface area (Å²) in [7, 11) is 1.95. The van der Waals surface area contributed by atoms with Gasteiger partial charge in [0.25, 0.3) is 11.9 Å². The molecule has 1 atom stereocenters. The molecule has 7 nitrogen and oxygen atoms in total. The van der Waals surface area contributed by atoms with Gasteiger partial charge in [0, 0.05) is 36.7 Å². The van der Waals surface area contributed by atoms with Crippen molar-refractivity contribution in [1.82, 2.24) is 30.0 Å². The highest BCUT2D eigenvalue weighted by Crippen LogP contribution is 2.22. The first-order valence-corrected chi connectivity index (χ1v) is 9.27. The molecule has 2 aromatic rings. The minimum Gasteiger partial charge on any atom is -0.337 e. The van der Waals surface area contributed by atoms with Crippen LogP contribution in [0.25, 0.3) is 5.95 Å². The van der Waals surface area contributed by atoms with Gasteiger partial charge in [0.15, 0.2) is 0 Å². The van der Waals surface area contributed by atoms with Crippen molar-refractivity contribution in [3.05, 3.63) is 34.9 Å². The van der Waals surface area contributed by atoms with Crippen molar-refractivity contribution in [1.29, 1.82) is 0 Å². The number of likely N-dealkylation sites (N-methyl/N-ethyl adjacent to an activating group) is 1. The summed E-state index contributed by atoms with van der Waals surface area (Å²) in [5.74, 6) is 0.700. The first-order valence-electron chi connectivity index (χ1n) is 9.27. The summed E-state index contributed by atoms with van der Waals surface area (Å²) in [5.41, 5.74) is 3.22. The van der Waals surface area contributed by atoms with Crippen LogP contribution in [0.3, 0.4) is 0 Å². The van der Waals surface area contributed by atoms with Crippen LogP contribution in [-0.4, -0.2) is 56.7 Å². The fourth-order valence-corrected chi connectivity index (χ4v) is 3.46.